The molecule has 2 atom stereocenters. The van der Waals surface area contributed by atoms with Crippen LogP contribution in [0.5, 0.6) is 0 Å². The first kappa shape index (κ1) is 14.7. The minimum absolute atomic E-state index is 0.0253. The second-order valence-electron chi connectivity index (χ2n) is 5.46. The van der Waals surface area contributed by atoms with Gasteiger partial charge in [-0.25, -0.2) is 4.79 Å². The molecule has 2 aliphatic rings. The lowest BCUT2D eigenvalue weighted by Crippen LogP contribution is -2.19. The highest BCUT2D eigenvalue weighted by Crippen LogP contribution is 2.41. The maximum Gasteiger partial charge on any atom is 0.350 e. The second-order valence-corrected chi connectivity index (χ2v) is 5.90. The molecule has 0 N–H and O–H groups in total. The first-order valence-corrected chi connectivity index (χ1v) is 7.25. The highest BCUT2D eigenvalue weighted by molar-refractivity contribution is 6.31. The van der Waals surface area contributed by atoms with Gasteiger partial charge in [-0.1, -0.05) is 11.6 Å². The lowest BCUT2D eigenvalue weighted by molar-refractivity contribution is -0.385. The SMILES string of the molecule is O=C(OC1=CC(=O)C2CCC1C2)c1ccc(Cl)cc1[N+](=O)[O-]. The Morgan fingerprint density at radius 1 is 1.32 bits per heavy atom. The van der Waals surface area contributed by atoms with Crippen molar-refractivity contribution in [2.24, 2.45) is 11.8 Å². The average molecular weight is 322 g/mol. The average Bonchev–Trinajstić information content (AvgIpc) is 2.90. The molecular weight excluding hydrogens is 310 g/mol. The van der Waals surface area contributed by atoms with E-state index in [-0.39, 0.29) is 28.2 Å². The van der Waals surface area contributed by atoms with Crippen molar-refractivity contribution in [1.29, 1.82) is 0 Å². The Bertz CT molecular complexity index is 712. The van der Waals surface area contributed by atoms with E-state index in [2.05, 4.69) is 0 Å². The Balaban J connectivity index is 1.86. The minimum Gasteiger partial charge on any atom is -0.427 e. The summed E-state index contributed by atoms with van der Waals surface area (Å²) in [4.78, 5) is 34.4. The van der Waals surface area contributed by atoms with Gasteiger partial charge in [0.25, 0.3) is 5.69 Å². The molecule has 114 valence electrons. The van der Waals surface area contributed by atoms with Crippen molar-refractivity contribution in [2.75, 3.05) is 0 Å². The molecule has 0 heterocycles. The summed E-state index contributed by atoms with van der Waals surface area (Å²) in [5, 5.41) is 11.2. The van der Waals surface area contributed by atoms with E-state index in [0.717, 1.165) is 18.9 Å². The molecule has 3 rings (SSSR count). The van der Waals surface area contributed by atoms with E-state index >= 15 is 0 Å². The number of hydrogen-bond donors (Lipinski definition) is 0. The molecule has 7 heteroatoms. The van der Waals surface area contributed by atoms with Crippen molar-refractivity contribution < 1.29 is 19.2 Å². The van der Waals surface area contributed by atoms with Crippen LogP contribution in [0.1, 0.15) is 29.6 Å². The van der Waals surface area contributed by atoms with Crippen LogP contribution in [-0.2, 0) is 9.53 Å². The van der Waals surface area contributed by atoms with Crippen LogP contribution in [0.3, 0.4) is 0 Å². The molecule has 0 aliphatic heterocycles. The summed E-state index contributed by atoms with van der Waals surface area (Å²) < 4.78 is 5.26. The molecule has 1 saturated carbocycles. The maximum absolute atomic E-state index is 12.2. The van der Waals surface area contributed by atoms with Crippen molar-refractivity contribution in [3.63, 3.8) is 0 Å². The number of fused-ring (bicyclic) bond motifs is 2. The van der Waals surface area contributed by atoms with Gasteiger partial charge in [0.05, 0.1) is 4.92 Å². The zero-order chi connectivity index (χ0) is 15.9. The van der Waals surface area contributed by atoms with E-state index in [1.54, 1.807) is 0 Å². The number of esters is 1. The summed E-state index contributed by atoms with van der Waals surface area (Å²) in [7, 11) is 0. The van der Waals surface area contributed by atoms with E-state index in [9.17, 15) is 19.7 Å². The largest absolute Gasteiger partial charge is 0.427 e. The Hall–Kier alpha value is -2.21. The van der Waals surface area contributed by atoms with Gasteiger partial charge in [-0.05, 0) is 31.4 Å². The normalized spacial score (nSPS) is 23.1. The third kappa shape index (κ3) is 2.62. The van der Waals surface area contributed by atoms with Gasteiger partial charge in [0, 0.05) is 29.0 Å². The molecule has 2 unspecified atom stereocenters. The fraction of sp³-hybridized carbons (Fsp3) is 0.333. The number of nitrogens with zero attached hydrogens (tertiary/aromatic N) is 1. The number of carbonyl (C=O) groups is 2. The van der Waals surface area contributed by atoms with Crippen molar-refractivity contribution in [2.45, 2.75) is 19.3 Å². The van der Waals surface area contributed by atoms with E-state index in [4.69, 9.17) is 16.3 Å². The van der Waals surface area contributed by atoms with Crippen molar-refractivity contribution >= 4 is 29.0 Å². The zero-order valence-electron chi connectivity index (χ0n) is 11.5. The predicted octanol–water partition coefficient (Wildman–Crippen LogP) is 3.29. The van der Waals surface area contributed by atoms with E-state index in [0.29, 0.717) is 12.2 Å². The number of nitro benzene ring substituents is 1. The molecule has 2 aliphatic carbocycles. The van der Waals surface area contributed by atoms with Gasteiger partial charge in [0.1, 0.15) is 11.3 Å². The number of halogens is 1. The zero-order valence-corrected chi connectivity index (χ0v) is 12.2. The maximum atomic E-state index is 12.2. The Morgan fingerprint density at radius 2 is 2.05 bits per heavy atom. The van der Waals surface area contributed by atoms with Gasteiger partial charge in [-0.2, -0.15) is 0 Å². The molecular formula is C15H12ClNO5. The van der Waals surface area contributed by atoms with Crippen LogP contribution in [0.15, 0.2) is 30.0 Å². The number of hydrogen-bond acceptors (Lipinski definition) is 5. The van der Waals surface area contributed by atoms with Crippen molar-refractivity contribution in [3.05, 3.63) is 50.7 Å². The molecule has 0 aromatic heterocycles. The molecule has 0 amide bonds. The van der Waals surface area contributed by atoms with Crippen molar-refractivity contribution in [3.8, 4) is 0 Å². The number of allylic oxidation sites excluding steroid dienone is 2. The van der Waals surface area contributed by atoms with Crippen LogP contribution in [0.4, 0.5) is 5.69 Å². The van der Waals surface area contributed by atoms with E-state index < -0.39 is 16.6 Å². The molecule has 1 aromatic carbocycles. The van der Waals surface area contributed by atoms with Crippen LogP contribution < -0.4 is 0 Å². The molecule has 1 fully saturated rings. The van der Waals surface area contributed by atoms with Crippen LogP contribution >= 0.6 is 11.6 Å². The third-order valence-corrected chi connectivity index (χ3v) is 4.34. The fourth-order valence-electron chi connectivity index (χ4n) is 2.98. The number of nitro groups is 1. The molecule has 0 saturated heterocycles. The molecule has 0 radical (unpaired) electrons. The van der Waals surface area contributed by atoms with Gasteiger partial charge in [-0.15, -0.1) is 0 Å². The number of ether oxygens (including phenoxy) is 1. The van der Waals surface area contributed by atoms with Crippen LogP contribution in [0.25, 0.3) is 0 Å². The fourth-order valence-corrected chi connectivity index (χ4v) is 3.14. The van der Waals surface area contributed by atoms with Gasteiger partial charge >= 0.3 is 5.97 Å². The topological polar surface area (TPSA) is 86.5 Å². The Kier molecular flexibility index (Phi) is 3.70. The summed E-state index contributed by atoms with van der Waals surface area (Å²) in [6.45, 7) is 0. The summed E-state index contributed by atoms with van der Waals surface area (Å²) in [5.74, 6) is -0.502. The quantitative estimate of drug-likeness (QED) is 0.484. The van der Waals surface area contributed by atoms with Crippen LogP contribution in [-0.4, -0.2) is 16.7 Å². The number of carbonyl (C=O) groups excluding carboxylic acids is 2. The summed E-state index contributed by atoms with van der Waals surface area (Å²) in [5.41, 5.74) is -0.590. The molecule has 0 spiro atoms. The first-order chi connectivity index (χ1) is 10.5. The van der Waals surface area contributed by atoms with E-state index in [1.807, 2.05) is 0 Å². The monoisotopic (exact) mass is 321 g/mol. The highest BCUT2D eigenvalue weighted by Gasteiger charge is 2.38. The summed E-state index contributed by atoms with van der Waals surface area (Å²) >= 11 is 5.72. The standard InChI is InChI=1S/C15H12ClNO5/c16-10-3-4-11(12(6-10)17(20)21)15(19)22-14-7-13(18)8-1-2-9(14)5-8/h3-4,6-9H,1-2,5H2. The molecule has 22 heavy (non-hydrogen) atoms. The molecule has 1 aromatic rings. The summed E-state index contributed by atoms with van der Waals surface area (Å²) in [6.07, 6.45) is 3.62. The number of ketones is 1. The van der Waals surface area contributed by atoms with Crippen molar-refractivity contribution in [1.82, 2.24) is 0 Å². The lowest BCUT2D eigenvalue weighted by atomic mass is 9.93. The van der Waals surface area contributed by atoms with Gasteiger partial charge < -0.3 is 4.74 Å². The lowest BCUT2D eigenvalue weighted by Gasteiger charge is -2.19. The predicted molar refractivity (Wildman–Crippen MR) is 77.4 cm³/mol. The Labute approximate surface area is 130 Å². The summed E-state index contributed by atoms with van der Waals surface area (Å²) in [6, 6.07) is 3.74. The highest BCUT2D eigenvalue weighted by atomic mass is 35.5. The minimum atomic E-state index is -0.840. The molecule has 6 nitrogen and oxygen atoms in total. The van der Waals surface area contributed by atoms with E-state index in [1.165, 1.54) is 18.2 Å². The van der Waals surface area contributed by atoms with Gasteiger partial charge in [0.15, 0.2) is 5.78 Å². The van der Waals surface area contributed by atoms with Gasteiger partial charge in [-0.3, -0.25) is 14.9 Å². The second kappa shape index (κ2) is 5.53. The smallest absolute Gasteiger partial charge is 0.350 e. The number of benzene rings is 1. The Morgan fingerprint density at radius 3 is 2.77 bits per heavy atom. The number of rotatable bonds is 3. The first-order valence-electron chi connectivity index (χ1n) is 6.87. The molecule has 2 bridgehead atoms. The van der Waals surface area contributed by atoms with Gasteiger partial charge in [0.2, 0.25) is 0 Å². The van der Waals surface area contributed by atoms with Crippen LogP contribution in [0, 0.1) is 22.0 Å². The van der Waals surface area contributed by atoms with Crippen LogP contribution in [0.2, 0.25) is 5.02 Å². The third-order valence-electron chi connectivity index (χ3n) is 4.11.